The summed E-state index contributed by atoms with van der Waals surface area (Å²) in [5, 5.41) is 20.3. The SMILES string of the molecule is Cc1ccc2c(c1)c(=O)c(C(=O)N1C[C@H]3C[C@H](O)[C@@H](O)C[C@H]3C1)cn2C. The average Bonchev–Trinajstić information content (AvgIpc) is 3.00. The lowest BCUT2D eigenvalue weighted by Gasteiger charge is -2.31. The Hall–Kier alpha value is -2.18. The molecular formula is C20H24N2O4. The fourth-order valence-corrected chi connectivity index (χ4v) is 4.50. The minimum Gasteiger partial charge on any atom is -0.390 e. The van der Waals surface area contributed by atoms with Crippen molar-refractivity contribution in [2.75, 3.05) is 13.1 Å². The summed E-state index contributed by atoms with van der Waals surface area (Å²) in [7, 11) is 1.84. The molecule has 0 bridgehead atoms. The van der Waals surface area contributed by atoms with Crippen LogP contribution in [0.15, 0.2) is 29.2 Å². The Balaban J connectivity index is 1.67. The number of hydrogen-bond donors (Lipinski definition) is 2. The van der Waals surface area contributed by atoms with E-state index in [9.17, 15) is 19.8 Å². The molecule has 1 saturated carbocycles. The van der Waals surface area contributed by atoms with Crippen LogP contribution in [-0.2, 0) is 7.05 Å². The van der Waals surface area contributed by atoms with Crippen molar-refractivity contribution in [2.24, 2.45) is 18.9 Å². The smallest absolute Gasteiger partial charge is 0.259 e. The highest BCUT2D eigenvalue weighted by Crippen LogP contribution is 2.36. The number of carbonyl (C=O) groups excluding carboxylic acids is 1. The quantitative estimate of drug-likeness (QED) is 0.800. The normalized spacial score (nSPS) is 28.4. The third-order valence-electron chi connectivity index (χ3n) is 5.97. The molecule has 2 aliphatic rings. The van der Waals surface area contributed by atoms with E-state index in [1.165, 1.54) is 0 Å². The minimum absolute atomic E-state index is 0.184. The van der Waals surface area contributed by atoms with Crippen LogP contribution in [0.5, 0.6) is 0 Å². The zero-order chi connectivity index (χ0) is 18.6. The van der Waals surface area contributed by atoms with Crippen molar-refractivity contribution < 1.29 is 15.0 Å². The van der Waals surface area contributed by atoms with Gasteiger partial charge in [-0.1, -0.05) is 11.6 Å². The number of carbonyl (C=O) groups is 1. The Labute approximate surface area is 151 Å². The summed E-state index contributed by atoms with van der Waals surface area (Å²) in [4.78, 5) is 27.7. The summed E-state index contributed by atoms with van der Waals surface area (Å²) in [6.45, 7) is 2.99. The number of rotatable bonds is 1. The molecule has 0 spiro atoms. The molecule has 138 valence electrons. The van der Waals surface area contributed by atoms with Crippen molar-refractivity contribution in [3.63, 3.8) is 0 Å². The van der Waals surface area contributed by atoms with Crippen molar-refractivity contribution in [1.29, 1.82) is 0 Å². The van der Waals surface area contributed by atoms with E-state index in [2.05, 4.69) is 0 Å². The Morgan fingerprint density at radius 2 is 1.73 bits per heavy atom. The fraction of sp³-hybridized carbons (Fsp3) is 0.500. The molecule has 2 N–H and O–H groups in total. The lowest BCUT2D eigenvalue weighted by atomic mass is 9.79. The highest BCUT2D eigenvalue weighted by molar-refractivity contribution is 5.97. The number of aliphatic hydroxyl groups excluding tert-OH is 2. The maximum atomic E-state index is 13.0. The van der Waals surface area contributed by atoms with Gasteiger partial charge in [-0.05, 0) is 43.7 Å². The first-order valence-electron chi connectivity index (χ1n) is 9.10. The second kappa shape index (κ2) is 6.21. The molecule has 2 aromatic rings. The molecule has 1 saturated heterocycles. The lowest BCUT2D eigenvalue weighted by Crippen LogP contribution is -2.38. The molecule has 1 amide bonds. The van der Waals surface area contributed by atoms with Crippen LogP contribution >= 0.6 is 0 Å². The summed E-state index contributed by atoms with van der Waals surface area (Å²) < 4.78 is 1.82. The number of aryl methyl sites for hydroxylation is 2. The number of pyridine rings is 1. The standard InChI is InChI=1S/C20H24N2O4/c1-11-3-4-16-14(5-11)19(25)15(10-21(16)2)20(26)22-8-12-6-17(23)18(24)7-13(12)9-22/h3-5,10,12-13,17-18,23-24H,6-9H2,1-2H3/t12-,13+,17-,18-/m0/s1. The Bertz CT molecular complexity index is 917. The van der Waals surface area contributed by atoms with Gasteiger partial charge in [-0.3, -0.25) is 9.59 Å². The van der Waals surface area contributed by atoms with E-state index in [0.717, 1.165) is 11.1 Å². The van der Waals surface area contributed by atoms with E-state index in [1.54, 1.807) is 11.1 Å². The molecule has 1 aliphatic carbocycles. The predicted octanol–water partition coefficient (Wildman–Crippen LogP) is 1.05. The van der Waals surface area contributed by atoms with Crippen molar-refractivity contribution in [3.05, 3.63) is 45.7 Å². The molecule has 26 heavy (non-hydrogen) atoms. The largest absolute Gasteiger partial charge is 0.390 e. The van der Waals surface area contributed by atoms with E-state index in [0.29, 0.717) is 31.3 Å². The maximum absolute atomic E-state index is 13.0. The van der Waals surface area contributed by atoms with Crippen LogP contribution in [0.25, 0.3) is 10.9 Å². The third-order valence-corrected chi connectivity index (χ3v) is 5.97. The molecule has 1 aliphatic heterocycles. The van der Waals surface area contributed by atoms with Gasteiger partial charge >= 0.3 is 0 Å². The molecule has 1 aromatic carbocycles. The van der Waals surface area contributed by atoms with Gasteiger partial charge < -0.3 is 19.7 Å². The highest BCUT2D eigenvalue weighted by atomic mass is 16.3. The molecule has 6 nitrogen and oxygen atoms in total. The van der Waals surface area contributed by atoms with E-state index < -0.39 is 12.2 Å². The summed E-state index contributed by atoms with van der Waals surface area (Å²) in [6, 6.07) is 5.67. The minimum atomic E-state index is -0.720. The van der Waals surface area contributed by atoms with E-state index in [-0.39, 0.29) is 28.7 Å². The topological polar surface area (TPSA) is 82.8 Å². The van der Waals surface area contributed by atoms with Crippen LogP contribution in [0.3, 0.4) is 0 Å². The molecule has 0 radical (unpaired) electrons. The van der Waals surface area contributed by atoms with E-state index >= 15 is 0 Å². The number of aromatic nitrogens is 1. The molecule has 2 fully saturated rings. The summed E-state index contributed by atoms with van der Waals surface area (Å²) >= 11 is 0. The van der Waals surface area contributed by atoms with Gasteiger partial charge in [0.15, 0.2) is 0 Å². The predicted molar refractivity (Wildman–Crippen MR) is 98.1 cm³/mol. The molecule has 2 heterocycles. The van der Waals surface area contributed by atoms with Crippen LogP contribution in [0, 0.1) is 18.8 Å². The summed E-state index contributed by atoms with van der Waals surface area (Å²) in [6.07, 6.45) is 1.19. The van der Waals surface area contributed by atoms with E-state index in [1.807, 2.05) is 36.7 Å². The number of fused-ring (bicyclic) bond motifs is 2. The Kier molecular flexibility index (Phi) is 4.12. The molecule has 6 heteroatoms. The van der Waals surface area contributed by atoms with Gasteiger partial charge in [-0.2, -0.15) is 0 Å². The first-order valence-corrected chi connectivity index (χ1v) is 9.10. The van der Waals surface area contributed by atoms with Crippen molar-refractivity contribution in [2.45, 2.75) is 32.0 Å². The number of hydrogen-bond acceptors (Lipinski definition) is 4. The van der Waals surface area contributed by atoms with Crippen LogP contribution in [0.2, 0.25) is 0 Å². The Morgan fingerprint density at radius 3 is 2.35 bits per heavy atom. The maximum Gasteiger partial charge on any atom is 0.259 e. The molecule has 1 aromatic heterocycles. The van der Waals surface area contributed by atoms with Crippen molar-refractivity contribution in [1.82, 2.24) is 9.47 Å². The second-order valence-electron chi connectivity index (χ2n) is 7.84. The zero-order valence-electron chi connectivity index (χ0n) is 15.1. The number of aliphatic hydroxyl groups is 2. The second-order valence-corrected chi connectivity index (χ2v) is 7.84. The summed E-state index contributed by atoms with van der Waals surface area (Å²) in [5.74, 6) is 0.111. The monoisotopic (exact) mass is 356 g/mol. The third kappa shape index (κ3) is 2.73. The van der Waals surface area contributed by atoms with Gasteiger partial charge in [-0.25, -0.2) is 0 Å². The van der Waals surface area contributed by atoms with Gasteiger partial charge in [0, 0.05) is 31.7 Å². The molecule has 4 atom stereocenters. The van der Waals surface area contributed by atoms with Gasteiger partial charge in [0.2, 0.25) is 5.43 Å². The lowest BCUT2D eigenvalue weighted by molar-refractivity contribution is -0.0372. The van der Waals surface area contributed by atoms with Gasteiger partial charge in [0.05, 0.1) is 17.7 Å². The van der Waals surface area contributed by atoms with Gasteiger partial charge in [0.1, 0.15) is 5.56 Å². The van der Waals surface area contributed by atoms with Crippen LogP contribution in [0.1, 0.15) is 28.8 Å². The van der Waals surface area contributed by atoms with Crippen molar-refractivity contribution in [3.8, 4) is 0 Å². The first kappa shape index (κ1) is 17.2. The number of likely N-dealkylation sites (tertiary alicyclic amines) is 1. The summed E-state index contributed by atoms with van der Waals surface area (Å²) in [5.41, 5.74) is 1.74. The first-order chi connectivity index (χ1) is 12.3. The number of nitrogens with zero attached hydrogens (tertiary/aromatic N) is 2. The number of amides is 1. The Morgan fingerprint density at radius 1 is 1.12 bits per heavy atom. The van der Waals surface area contributed by atoms with Crippen LogP contribution in [0.4, 0.5) is 0 Å². The molecule has 4 rings (SSSR count). The van der Waals surface area contributed by atoms with Crippen LogP contribution < -0.4 is 5.43 Å². The zero-order valence-corrected chi connectivity index (χ0v) is 15.1. The van der Waals surface area contributed by atoms with Crippen molar-refractivity contribution >= 4 is 16.8 Å². The van der Waals surface area contributed by atoms with Crippen LogP contribution in [-0.4, -0.2) is 50.9 Å². The van der Waals surface area contributed by atoms with E-state index in [4.69, 9.17) is 0 Å². The van der Waals surface area contributed by atoms with Gasteiger partial charge in [-0.15, -0.1) is 0 Å². The molecular weight excluding hydrogens is 332 g/mol. The molecule has 0 unspecified atom stereocenters. The highest BCUT2D eigenvalue weighted by Gasteiger charge is 2.42. The fourth-order valence-electron chi connectivity index (χ4n) is 4.50. The number of benzene rings is 1. The average molecular weight is 356 g/mol. The van der Waals surface area contributed by atoms with Gasteiger partial charge in [0.25, 0.3) is 5.91 Å².